The van der Waals surface area contributed by atoms with Crippen LogP contribution in [0.3, 0.4) is 0 Å². The third kappa shape index (κ3) is 5.55. The van der Waals surface area contributed by atoms with E-state index in [1.165, 1.54) is 0 Å². The van der Waals surface area contributed by atoms with Crippen LogP contribution in [-0.2, 0) is 10.2 Å². The van der Waals surface area contributed by atoms with E-state index < -0.39 is 21.8 Å². The first-order valence-electron chi connectivity index (χ1n) is 1.67. The largest absolute Gasteiger partial charge is 0.308 e. The van der Waals surface area contributed by atoms with E-state index >= 15 is 0 Å². The van der Waals surface area contributed by atoms with E-state index in [0.717, 1.165) is 0 Å². The average Bonchev–Trinajstić information content (AvgIpc) is 1.21. The van der Waals surface area contributed by atoms with Crippen LogP contribution in [0.2, 0.25) is 0 Å². The second-order valence-corrected chi connectivity index (χ2v) is 2.57. The lowest BCUT2D eigenvalue weighted by atomic mass is 10.7. The summed E-state index contributed by atoms with van der Waals surface area (Å²) < 4.78 is 41.6. The van der Waals surface area contributed by atoms with Crippen LogP contribution in [0.25, 0.3) is 0 Å². The van der Waals surface area contributed by atoms with E-state index in [9.17, 15) is 16.7 Å². The van der Waals surface area contributed by atoms with Gasteiger partial charge in [-0.3, -0.25) is 0 Å². The standard InChI is InChI=1S/C3H4F2O2S/c1-3(4)2-8(5,6)7/h1-2H2. The Labute approximate surface area is 46.0 Å². The Bertz CT molecular complexity index is 181. The molecule has 48 valence electrons. The van der Waals surface area contributed by atoms with Gasteiger partial charge in [0.1, 0.15) is 11.6 Å². The van der Waals surface area contributed by atoms with Gasteiger partial charge in [0.25, 0.3) is 0 Å². The zero-order valence-electron chi connectivity index (χ0n) is 3.89. The molecule has 0 bridgehead atoms. The smallest absolute Gasteiger partial charge is 0.211 e. The third-order valence-corrected chi connectivity index (χ3v) is 0.987. The van der Waals surface area contributed by atoms with E-state index in [1.54, 1.807) is 0 Å². The highest BCUT2D eigenvalue weighted by Crippen LogP contribution is 1.99. The molecule has 0 aliphatic rings. The topological polar surface area (TPSA) is 34.1 Å². The van der Waals surface area contributed by atoms with Crippen molar-refractivity contribution in [2.75, 3.05) is 5.75 Å². The van der Waals surface area contributed by atoms with Crippen LogP contribution in [0.4, 0.5) is 8.28 Å². The van der Waals surface area contributed by atoms with Crippen LogP contribution in [0.5, 0.6) is 0 Å². The van der Waals surface area contributed by atoms with Crippen molar-refractivity contribution in [2.24, 2.45) is 0 Å². The molecule has 0 aromatic heterocycles. The first-order chi connectivity index (χ1) is 3.42. The molecule has 0 N–H and O–H groups in total. The SMILES string of the molecule is C=C(F)CS(=O)(=O)F. The second kappa shape index (κ2) is 2.21. The van der Waals surface area contributed by atoms with Gasteiger partial charge in [-0.05, 0) is 0 Å². The average molecular weight is 142 g/mol. The molecule has 0 heterocycles. The zero-order valence-corrected chi connectivity index (χ0v) is 4.71. The molecule has 0 rings (SSSR count). The van der Waals surface area contributed by atoms with Crippen LogP contribution >= 0.6 is 0 Å². The van der Waals surface area contributed by atoms with Gasteiger partial charge in [0.05, 0.1) is 0 Å². The lowest BCUT2D eigenvalue weighted by Gasteiger charge is -1.84. The van der Waals surface area contributed by atoms with Crippen molar-refractivity contribution in [1.82, 2.24) is 0 Å². The van der Waals surface area contributed by atoms with Crippen molar-refractivity contribution in [2.45, 2.75) is 0 Å². The molecule has 0 atom stereocenters. The van der Waals surface area contributed by atoms with Gasteiger partial charge >= 0.3 is 10.2 Å². The summed E-state index contributed by atoms with van der Waals surface area (Å²) in [6, 6.07) is 0. The summed E-state index contributed by atoms with van der Waals surface area (Å²) in [5, 5.41) is 0. The quantitative estimate of drug-likeness (QED) is 0.533. The summed E-state index contributed by atoms with van der Waals surface area (Å²) in [5.74, 6) is -2.42. The molecule has 0 unspecified atom stereocenters. The Morgan fingerprint density at radius 3 is 2.00 bits per heavy atom. The van der Waals surface area contributed by atoms with Gasteiger partial charge in [0.15, 0.2) is 0 Å². The maximum Gasteiger partial charge on any atom is 0.308 e. The van der Waals surface area contributed by atoms with E-state index in [4.69, 9.17) is 0 Å². The maximum absolute atomic E-state index is 11.4. The fourth-order valence-corrected chi connectivity index (χ4v) is 0.561. The zero-order chi connectivity index (χ0) is 6.78. The molecule has 0 aromatic rings. The first-order valence-corrected chi connectivity index (χ1v) is 3.23. The van der Waals surface area contributed by atoms with Gasteiger partial charge < -0.3 is 0 Å². The molecule has 0 spiro atoms. The molecule has 5 heteroatoms. The van der Waals surface area contributed by atoms with Gasteiger partial charge in [-0.1, -0.05) is 6.58 Å². The molecule has 2 nitrogen and oxygen atoms in total. The van der Waals surface area contributed by atoms with Crippen LogP contribution in [0.15, 0.2) is 12.4 Å². The predicted octanol–water partition coefficient (Wildman–Crippen LogP) is 0.769. The monoisotopic (exact) mass is 142 g/mol. The number of rotatable bonds is 2. The van der Waals surface area contributed by atoms with Gasteiger partial charge in [-0.15, -0.1) is 3.89 Å². The number of halogens is 2. The summed E-state index contributed by atoms with van der Waals surface area (Å²) in [7, 11) is -4.70. The Morgan fingerprint density at radius 2 is 2.00 bits per heavy atom. The van der Waals surface area contributed by atoms with Gasteiger partial charge in [0, 0.05) is 0 Å². The molecule has 0 aliphatic carbocycles. The molecular weight excluding hydrogens is 138 g/mol. The molecule has 0 aliphatic heterocycles. The van der Waals surface area contributed by atoms with Crippen LogP contribution in [0.1, 0.15) is 0 Å². The van der Waals surface area contributed by atoms with E-state index in [0.29, 0.717) is 0 Å². The molecule has 0 radical (unpaired) electrons. The molecule has 0 aromatic carbocycles. The highest BCUT2D eigenvalue weighted by atomic mass is 32.3. The lowest BCUT2D eigenvalue weighted by molar-refractivity contribution is 0.545. The van der Waals surface area contributed by atoms with Crippen molar-refractivity contribution in [1.29, 1.82) is 0 Å². The fourth-order valence-electron chi connectivity index (χ4n) is 0.187. The molecule has 0 saturated carbocycles. The predicted molar refractivity (Wildman–Crippen MR) is 25.1 cm³/mol. The highest BCUT2D eigenvalue weighted by molar-refractivity contribution is 7.86. The number of hydrogen-bond donors (Lipinski definition) is 0. The second-order valence-electron chi connectivity index (χ2n) is 1.20. The summed E-state index contributed by atoms with van der Waals surface area (Å²) in [6.45, 7) is 2.55. The molecule has 0 saturated heterocycles. The van der Waals surface area contributed by atoms with Crippen molar-refractivity contribution < 1.29 is 16.7 Å². The van der Waals surface area contributed by atoms with Crippen LogP contribution in [-0.4, -0.2) is 14.2 Å². The summed E-state index contributed by atoms with van der Waals surface area (Å²) in [6.07, 6.45) is 0. The van der Waals surface area contributed by atoms with Crippen LogP contribution < -0.4 is 0 Å². The Kier molecular flexibility index (Phi) is 2.09. The molecule has 8 heavy (non-hydrogen) atoms. The van der Waals surface area contributed by atoms with Gasteiger partial charge in [0.2, 0.25) is 0 Å². The minimum absolute atomic E-state index is 1.19. The molecular formula is C3H4F2O2S. The van der Waals surface area contributed by atoms with Crippen molar-refractivity contribution in [3.8, 4) is 0 Å². The summed E-state index contributed by atoms with van der Waals surface area (Å²) in [5.41, 5.74) is 0. The fraction of sp³-hybridized carbons (Fsp3) is 0.333. The van der Waals surface area contributed by atoms with Gasteiger partial charge in [-0.25, -0.2) is 4.39 Å². The third-order valence-electron chi connectivity index (χ3n) is 0.329. The van der Waals surface area contributed by atoms with E-state index in [2.05, 4.69) is 6.58 Å². The molecule has 0 amide bonds. The van der Waals surface area contributed by atoms with Crippen molar-refractivity contribution in [3.05, 3.63) is 12.4 Å². The maximum atomic E-state index is 11.4. The summed E-state index contributed by atoms with van der Waals surface area (Å²) in [4.78, 5) is 0. The normalized spacial score (nSPS) is 11.2. The van der Waals surface area contributed by atoms with Gasteiger partial charge in [-0.2, -0.15) is 8.42 Å². The minimum atomic E-state index is -4.70. The Morgan fingerprint density at radius 1 is 1.62 bits per heavy atom. The van der Waals surface area contributed by atoms with Crippen LogP contribution in [0, 0.1) is 0 Å². The summed E-state index contributed by atoms with van der Waals surface area (Å²) >= 11 is 0. The minimum Gasteiger partial charge on any atom is -0.211 e. The Balaban J connectivity index is 3.95. The molecule has 0 fully saturated rings. The van der Waals surface area contributed by atoms with Crippen molar-refractivity contribution in [3.63, 3.8) is 0 Å². The lowest BCUT2D eigenvalue weighted by Crippen LogP contribution is -1.96. The highest BCUT2D eigenvalue weighted by Gasteiger charge is 2.07. The van der Waals surface area contributed by atoms with Crippen molar-refractivity contribution >= 4 is 10.2 Å². The van der Waals surface area contributed by atoms with E-state index in [1.807, 2.05) is 0 Å². The number of hydrogen-bond acceptors (Lipinski definition) is 2. The Hall–Kier alpha value is -0.450. The first kappa shape index (κ1) is 7.55. The van der Waals surface area contributed by atoms with E-state index in [-0.39, 0.29) is 0 Å².